The molecule has 0 aliphatic carbocycles. The SMILES string of the molecule is Cc1cccc(NC(=O)N(CCc2ccc(Cl)cc2Cl)Cc2cccc(C)n2)c1. The van der Waals surface area contributed by atoms with Gasteiger partial charge < -0.3 is 10.2 Å². The second kappa shape index (κ2) is 9.77. The fourth-order valence-corrected chi connectivity index (χ4v) is 3.54. The number of nitrogens with zero attached hydrogens (tertiary/aromatic N) is 2. The van der Waals surface area contributed by atoms with E-state index in [0.29, 0.717) is 29.6 Å². The topological polar surface area (TPSA) is 45.2 Å². The Labute approximate surface area is 181 Å². The van der Waals surface area contributed by atoms with Crippen molar-refractivity contribution in [3.8, 4) is 0 Å². The van der Waals surface area contributed by atoms with Gasteiger partial charge in [0.2, 0.25) is 0 Å². The van der Waals surface area contributed by atoms with Crippen molar-refractivity contribution in [1.29, 1.82) is 0 Å². The highest BCUT2D eigenvalue weighted by molar-refractivity contribution is 6.35. The predicted molar refractivity (Wildman–Crippen MR) is 120 cm³/mol. The second-order valence-corrected chi connectivity index (χ2v) is 7.82. The minimum atomic E-state index is -0.177. The van der Waals surface area contributed by atoms with Crippen molar-refractivity contribution in [1.82, 2.24) is 9.88 Å². The van der Waals surface area contributed by atoms with Crippen LogP contribution in [-0.2, 0) is 13.0 Å². The van der Waals surface area contributed by atoms with Gasteiger partial charge in [0.15, 0.2) is 0 Å². The molecule has 0 saturated carbocycles. The number of urea groups is 1. The van der Waals surface area contributed by atoms with E-state index in [-0.39, 0.29) is 6.03 Å². The standard InChI is InChI=1S/C23H23Cl2N3O/c1-16-5-3-7-20(13-16)27-23(29)28(15-21-8-4-6-17(2)26-21)12-11-18-9-10-19(24)14-22(18)25/h3-10,13-14H,11-12,15H2,1-2H3,(H,27,29). The molecule has 0 saturated heterocycles. The summed E-state index contributed by atoms with van der Waals surface area (Å²) in [5.74, 6) is 0. The Morgan fingerprint density at radius 1 is 1.03 bits per heavy atom. The molecule has 150 valence electrons. The molecule has 2 aromatic carbocycles. The first-order valence-corrected chi connectivity index (χ1v) is 10.2. The summed E-state index contributed by atoms with van der Waals surface area (Å²) in [6, 6.07) is 18.8. The van der Waals surface area contributed by atoms with E-state index in [1.54, 1.807) is 11.0 Å². The van der Waals surface area contributed by atoms with Crippen LogP contribution in [0.5, 0.6) is 0 Å². The number of amides is 2. The van der Waals surface area contributed by atoms with Gasteiger partial charge in [-0.1, -0.05) is 47.5 Å². The molecule has 0 fully saturated rings. The highest BCUT2D eigenvalue weighted by atomic mass is 35.5. The van der Waals surface area contributed by atoms with E-state index >= 15 is 0 Å². The van der Waals surface area contributed by atoms with Gasteiger partial charge in [0.25, 0.3) is 0 Å². The zero-order valence-electron chi connectivity index (χ0n) is 16.5. The number of carbonyl (C=O) groups excluding carboxylic acids is 1. The van der Waals surface area contributed by atoms with Crippen LogP contribution in [-0.4, -0.2) is 22.5 Å². The molecule has 6 heteroatoms. The third kappa shape index (κ3) is 6.21. The van der Waals surface area contributed by atoms with Crippen LogP contribution in [0.15, 0.2) is 60.7 Å². The van der Waals surface area contributed by atoms with Gasteiger partial charge in [-0.15, -0.1) is 0 Å². The Kier molecular flexibility index (Phi) is 7.13. The van der Waals surface area contributed by atoms with Gasteiger partial charge in [-0.2, -0.15) is 0 Å². The first-order valence-electron chi connectivity index (χ1n) is 9.40. The van der Waals surface area contributed by atoms with Crippen LogP contribution in [0.25, 0.3) is 0 Å². The van der Waals surface area contributed by atoms with Crippen molar-refractivity contribution >= 4 is 34.9 Å². The second-order valence-electron chi connectivity index (χ2n) is 6.98. The average molecular weight is 428 g/mol. The molecule has 0 unspecified atom stereocenters. The fraction of sp³-hybridized carbons (Fsp3) is 0.217. The lowest BCUT2D eigenvalue weighted by molar-refractivity contribution is 0.209. The lowest BCUT2D eigenvalue weighted by Gasteiger charge is -2.23. The molecule has 2 amide bonds. The van der Waals surface area contributed by atoms with E-state index in [1.165, 1.54) is 0 Å². The van der Waals surface area contributed by atoms with Gasteiger partial charge in [-0.05, 0) is 67.8 Å². The number of aromatic nitrogens is 1. The van der Waals surface area contributed by atoms with E-state index in [9.17, 15) is 4.79 Å². The number of carbonyl (C=O) groups is 1. The highest BCUT2D eigenvalue weighted by Crippen LogP contribution is 2.22. The van der Waals surface area contributed by atoms with Crippen molar-refractivity contribution < 1.29 is 4.79 Å². The van der Waals surface area contributed by atoms with Gasteiger partial charge in [-0.25, -0.2) is 4.79 Å². The minimum Gasteiger partial charge on any atom is -0.318 e. The van der Waals surface area contributed by atoms with Crippen LogP contribution in [0.1, 0.15) is 22.5 Å². The van der Waals surface area contributed by atoms with Crippen molar-refractivity contribution in [2.45, 2.75) is 26.8 Å². The van der Waals surface area contributed by atoms with Crippen molar-refractivity contribution in [3.05, 3.63) is 93.2 Å². The molecule has 0 atom stereocenters. The number of aryl methyl sites for hydroxylation is 2. The summed E-state index contributed by atoms with van der Waals surface area (Å²) < 4.78 is 0. The van der Waals surface area contributed by atoms with Crippen LogP contribution < -0.4 is 5.32 Å². The summed E-state index contributed by atoms with van der Waals surface area (Å²) in [6.07, 6.45) is 0.614. The maximum absolute atomic E-state index is 13.0. The summed E-state index contributed by atoms with van der Waals surface area (Å²) in [5.41, 5.74) is 4.56. The molecule has 0 aliphatic heterocycles. The largest absolute Gasteiger partial charge is 0.322 e. The molecule has 1 N–H and O–H groups in total. The number of hydrogen-bond acceptors (Lipinski definition) is 2. The maximum Gasteiger partial charge on any atom is 0.322 e. The highest BCUT2D eigenvalue weighted by Gasteiger charge is 2.16. The monoisotopic (exact) mass is 427 g/mol. The molecule has 29 heavy (non-hydrogen) atoms. The first-order chi connectivity index (χ1) is 13.9. The molecule has 3 rings (SSSR count). The normalized spacial score (nSPS) is 10.6. The van der Waals surface area contributed by atoms with Crippen LogP contribution in [0, 0.1) is 13.8 Å². The lowest BCUT2D eigenvalue weighted by Crippen LogP contribution is -2.36. The van der Waals surface area contributed by atoms with Crippen LogP contribution in [0.2, 0.25) is 10.0 Å². The number of nitrogens with one attached hydrogen (secondary N) is 1. The molecule has 0 radical (unpaired) electrons. The third-order valence-electron chi connectivity index (χ3n) is 4.52. The maximum atomic E-state index is 13.0. The van der Waals surface area contributed by atoms with E-state index in [1.807, 2.05) is 68.4 Å². The zero-order chi connectivity index (χ0) is 20.8. The van der Waals surface area contributed by atoms with Gasteiger partial charge in [-0.3, -0.25) is 4.98 Å². The van der Waals surface area contributed by atoms with Gasteiger partial charge in [0.05, 0.1) is 12.2 Å². The Morgan fingerprint density at radius 2 is 1.83 bits per heavy atom. The molecule has 3 aromatic rings. The summed E-state index contributed by atoms with van der Waals surface area (Å²) in [6.45, 7) is 4.83. The Hall–Kier alpha value is -2.56. The lowest BCUT2D eigenvalue weighted by atomic mass is 10.1. The summed E-state index contributed by atoms with van der Waals surface area (Å²) in [5, 5.41) is 4.18. The predicted octanol–water partition coefficient (Wildman–Crippen LogP) is 6.28. The molecular formula is C23H23Cl2N3O. The fourth-order valence-electron chi connectivity index (χ4n) is 3.04. The van der Waals surface area contributed by atoms with Crippen molar-refractivity contribution in [2.24, 2.45) is 0 Å². The minimum absolute atomic E-state index is 0.177. The zero-order valence-corrected chi connectivity index (χ0v) is 18.0. The third-order valence-corrected chi connectivity index (χ3v) is 5.11. The molecule has 1 aromatic heterocycles. The van der Waals surface area contributed by atoms with Gasteiger partial charge in [0, 0.05) is 28.0 Å². The first kappa shape index (κ1) is 21.2. The van der Waals surface area contributed by atoms with E-state index in [4.69, 9.17) is 23.2 Å². The van der Waals surface area contributed by atoms with Gasteiger partial charge in [0.1, 0.15) is 0 Å². The average Bonchev–Trinajstić information content (AvgIpc) is 2.66. The summed E-state index contributed by atoms with van der Waals surface area (Å²) in [7, 11) is 0. The van der Waals surface area contributed by atoms with E-state index < -0.39 is 0 Å². The summed E-state index contributed by atoms with van der Waals surface area (Å²) in [4.78, 5) is 19.3. The van der Waals surface area contributed by atoms with E-state index in [2.05, 4.69) is 10.3 Å². The number of hydrogen-bond donors (Lipinski definition) is 1. The van der Waals surface area contributed by atoms with Gasteiger partial charge >= 0.3 is 6.03 Å². The number of pyridine rings is 1. The number of rotatable bonds is 6. The van der Waals surface area contributed by atoms with E-state index in [0.717, 1.165) is 28.2 Å². The smallest absolute Gasteiger partial charge is 0.318 e. The van der Waals surface area contributed by atoms with Crippen molar-refractivity contribution in [2.75, 3.05) is 11.9 Å². The molecular weight excluding hydrogens is 405 g/mol. The number of benzene rings is 2. The Bertz CT molecular complexity index is 1010. The van der Waals surface area contributed by atoms with Crippen LogP contribution in [0.3, 0.4) is 0 Å². The van der Waals surface area contributed by atoms with Crippen molar-refractivity contribution in [3.63, 3.8) is 0 Å². The molecule has 1 heterocycles. The molecule has 0 bridgehead atoms. The Balaban J connectivity index is 1.77. The number of halogens is 2. The number of anilines is 1. The Morgan fingerprint density at radius 3 is 2.55 bits per heavy atom. The van der Waals surface area contributed by atoms with Crippen LogP contribution in [0.4, 0.5) is 10.5 Å². The quantitative estimate of drug-likeness (QED) is 0.502. The summed E-state index contributed by atoms with van der Waals surface area (Å²) >= 11 is 12.3. The van der Waals surface area contributed by atoms with Crippen LogP contribution >= 0.6 is 23.2 Å². The molecule has 0 spiro atoms. The molecule has 0 aliphatic rings. The molecule has 4 nitrogen and oxygen atoms in total.